The van der Waals surface area contributed by atoms with Crippen LogP contribution in [0.5, 0.6) is 5.75 Å². The van der Waals surface area contributed by atoms with E-state index in [9.17, 15) is 18.3 Å². The summed E-state index contributed by atoms with van der Waals surface area (Å²) >= 11 is 0. The Morgan fingerprint density at radius 2 is 1.59 bits per heavy atom. The van der Waals surface area contributed by atoms with Crippen molar-refractivity contribution in [3.8, 4) is 5.75 Å². The molecule has 0 atom stereocenters. The van der Waals surface area contributed by atoms with E-state index in [2.05, 4.69) is 4.90 Å². The van der Waals surface area contributed by atoms with Gasteiger partial charge in [0, 0.05) is 44.8 Å². The first-order chi connectivity index (χ1) is 13.7. The molecule has 0 bridgehead atoms. The van der Waals surface area contributed by atoms with E-state index in [1.165, 1.54) is 16.4 Å². The molecule has 0 aromatic heterocycles. The van der Waals surface area contributed by atoms with E-state index in [1.807, 2.05) is 26.0 Å². The summed E-state index contributed by atoms with van der Waals surface area (Å²) in [6.07, 6.45) is 0. The van der Waals surface area contributed by atoms with E-state index in [-0.39, 0.29) is 22.6 Å². The normalized spacial score (nSPS) is 15.2. The van der Waals surface area contributed by atoms with E-state index >= 15 is 0 Å². The number of phenols is 1. The van der Waals surface area contributed by atoms with Crippen LogP contribution < -0.4 is 4.90 Å². The number of sulfonamides is 1. The zero-order chi connectivity index (χ0) is 21.2. The summed E-state index contributed by atoms with van der Waals surface area (Å²) in [7, 11) is -2.02. The predicted octanol–water partition coefficient (Wildman–Crippen LogP) is 2.38. The number of rotatable bonds is 5. The quantitative estimate of drug-likeness (QED) is 0.808. The molecule has 0 aliphatic carbocycles. The third-order valence-corrected chi connectivity index (χ3v) is 7.34. The molecule has 1 aliphatic rings. The molecular weight excluding hydrogens is 390 g/mol. The standard InChI is InChI=1S/C21H27N3O4S/c1-16(2)22(3)29(27,28)18-10-8-17(9-11-18)21(26)24-14-12-23(13-15-24)19-6-4-5-7-20(19)25/h4-11,16,25H,12-15H2,1-3H3. The maximum absolute atomic E-state index is 12.8. The van der Waals surface area contributed by atoms with Crippen molar-refractivity contribution in [3.05, 3.63) is 54.1 Å². The number of hydrogen-bond acceptors (Lipinski definition) is 5. The number of nitrogens with zero attached hydrogens (tertiary/aromatic N) is 3. The summed E-state index contributed by atoms with van der Waals surface area (Å²) in [6.45, 7) is 5.92. The minimum atomic E-state index is -3.57. The molecule has 0 unspecified atom stereocenters. The number of phenolic OH excluding ortho intramolecular Hbond substituents is 1. The van der Waals surface area contributed by atoms with Gasteiger partial charge in [0.25, 0.3) is 5.91 Å². The second kappa shape index (κ2) is 8.42. The van der Waals surface area contributed by atoms with Crippen molar-refractivity contribution >= 4 is 21.6 Å². The Labute approximate surface area is 172 Å². The molecule has 0 spiro atoms. The van der Waals surface area contributed by atoms with Gasteiger partial charge in [-0.1, -0.05) is 12.1 Å². The van der Waals surface area contributed by atoms with Crippen molar-refractivity contribution in [2.24, 2.45) is 0 Å². The smallest absolute Gasteiger partial charge is 0.253 e. The Balaban J connectivity index is 1.67. The molecule has 7 nitrogen and oxygen atoms in total. The van der Waals surface area contributed by atoms with Crippen LogP contribution in [0.15, 0.2) is 53.4 Å². The van der Waals surface area contributed by atoms with E-state index in [0.717, 1.165) is 5.69 Å². The third-order valence-electron chi connectivity index (χ3n) is 5.29. The van der Waals surface area contributed by atoms with Crippen LogP contribution in [0, 0.1) is 0 Å². The summed E-state index contributed by atoms with van der Waals surface area (Å²) in [5.41, 5.74) is 1.23. The summed E-state index contributed by atoms with van der Waals surface area (Å²) in [6, 6.07) is 13.1. The lowest BCUT2D eigenvalue weighted by Crippen LogP contribution is -2.48. The van der Waals surface area contributed by atoms with Crippen molar-refractivity contribution in [2.75, 3.05) is 38.1 Å². The number of carbonyl (C=O) groups excluding carboxylic acids is 1. The first-order valence-electron chi connectivity index (χ1n) is 9.62. The Morgan fingerprint density at radius 1 is 1.00 bits per heavy atom. The average Bonchev–Trinajstić information content (AvgIpc) is 2.73. The second-order valence-electron chi connectivity index (χ2n) is 7.41. The highest BCUT2D eigenvalue weighted by molar-refractivity contribution is 7.89. The van der Waals surface area contributed by atoms with Crippen molar-refractivity contribution in [3.63, 3.8) is 0 Å². The number of carbonyl (C=O) groups is 1. The number of piperazine rings is 1. The van der Waals surface area contributed by atoms with E-state index in [1.54, 1.807) is 36.2 Å². The molecule has 2 aromatic carbocycles. The average molecular weight is 418 g/mol. The van der Waals surface area contributed by atoms with Crippen LogP contribution in [0.2, 0.25) is 0 Å². The lowest BCUT2D eigenvalue weighted by Gasteiger charge is -2.36. The van der Waals surface area contributed by atoms with Crippen LogP contribution in [0.1, 0.15) is 24.2 Å². The molecule has 0 radical (unpaired) electrons. The van der Waals surface area contributed by atoms with Crippen LogP contribution in [-0.4, -0.2) is 67.9 Å². The highest BCUT2D eigenvalue weighted by Crippen LogP contribution is 2.27. The van der Waals surface area contributed by atoms with E-state index < -0.39 is 10.0 Å². The second-order valence-corrected chi connectivity index (χ2v) is 9.40. The van der Waals surface area contributed by atoms with Crippen molar-refractivity contribution in [1.29, 1.82) is 0 Å². The molecule has 156 valence electrons. The fourth-order valence-electron chi connectivity index (χ4n) is 3.28. The van der Waals surface area contributed by atoms with Gasteiger partial charge in [-0.25, -0.2) is 8.42 Å². The Hall–Kier alpha value is -2.58. The minimum Gasteiger partial charge on any atom is -0.506 e. The third kappa shape index (κ3) is 4.38. The van der Waals surface area contributed by atoms with Gasteiger partial charge in [-0.05, 0) is 50.2 Å². The van der Waals surface area contributed by atoms with Crippen LogP contribution in [0.3, 0.4) is 0 Å². The molecule has 2 aromatic rings. The first-order valence-corrected chi connectivity index (χ1v) is 11.1. The maximum atomic E-state index is 12.8. The van der Waals surface area contributed by atoms with Gasteiger partial charge in [0.05, 0.1) is 10.6 Å². The topological polar surface area (TPSA) is 81.2 Å². The van der Waals surface area contributed by atoms with Gasteiger partial charge in [-0.3, -0.25) is 4.79 Å². The summed E-state index contributed by atoms with van der Waals surface area (Å²) < 4.78 is 26.4. The Bertz CT molecular complexity index is 966. The molecular formula is C21H27N3O4S. The van der Waals surface area contributed by atoms with Crippen molar-refractivity contribution in [2.45, 2.75) is 24.8 Å². The largest absolute Gasteiger partial charge is 0.506 e. The fourth-order valence-corrected chi connectivity index (χ4v) is 4.65. The fraction of sp³-hybridized carbons (Fsp3) is 0.381. The highest BCUT2D eigenvalue weighted by atomic mass is 32.2. The van der Waals surface area contributed by atoms with Crippen LogP contribution >= 0.6 is 0 Å². The predicted molar refractivity (Wildman–Crippen MR) is 113 cm³/mol. The Kier molecular flexibility index (Phi) is 6.14. The number of anilines is 1. The van der Waals surface area contributed by atoms with Gasteiger partial charge in [0.2, 0.25) is 10.0 Å². The minimum absolute atomic E-state index is 0.122. The van der Waals surface area contributed by atoms with E-state index in [0.29, 0.717) is 31.7 Å². The lowest BCUT2D eigenvalue weighted by atomic mass is 10.1. The summed E-state index contributed by atoms with van der Waals surface area (Å²) in [5.74, 6) is 0.110. The maximum Gasteiger partial charge on any atom is 0.253 e. The molecule has 3 rings (SSSR count). The van der Waals surface area contributed by atoms with Gasteiger partial charge in [-0.15, -0.1) is 0 Å². The van der Waals surface area contributed by atoms with Gasteiger partial charge < -0.3 is 14.9 Å². The van der Waals surface area contributed by atoms with Gasteiger partial charge in [-0.2, -0.15) is 4.31 Å². The van der Waals surface area contributed by atoms with E-state index in [4.69, 9.17) is 0 Å². The van der Waals surface area contributed by atoms with Gasteiger partial charge in [0.15, 0.2) is 0 Å². The van der Waals surface area contributed by atoms with Crippen LogP contribution in [0.25, 0.3) is 0 Å². The Morgan fingerprint density at radius 3 is 2.14 bits per heavy atom. The first kappa shape index (κ1) is 21.1. The number of amides is 1. The van der Waals surface area contributed by atoms with Crippen molar-refractivity contribution in [1.82, 2.24) is 9.21 Å². The van der Waals surface area contributed by atoms with Crippen LogP contribution in [0.4, 0.5) is 5.69 Å². The molecule has 1 heterocycles. The SMILES string of the molecule is CC(C)N(C)S(=O)(=O)c1ccc(C(=O)N2CCN(c3ccccc3O)CC2)cc1. The molecule has 0 saturated carbocycles. The molecule has 29 heavy (non-hydrogen) atoms. The van der Waals surface area contributed by atoms with Crippen molar-refractivity contribution < 1.29 is 18.3 Å². The van der Waals surface area contributed by atoms with Gasteiger partial charge >= 0.3 is 0 Å². The monoisotopic (exact) mass is 417 g/mol. The summed E-state index contributed by atoms with van der Waals surface area (Å²) in [5, 5.41) is 10.0. The number of para-hydroxylation sites is 2. The lowest BCUT2D eigenvalue weighted by molar-refractivity contribution is 0.0746. The molecule has 1 amide bonds. The zero-order valence-corrected chi connectivity index (χ0v) is 17.8. The highest BCUT2D eigenvalue weighted by Gasteiger charge is 2.26. The molecule has 1 saturated heterocycles. The van der Waals surface area contributed by atoms with Gasteiger partial charge in [0.1, 0.15) is 5.75 Å². The number of aromatic hydroxyl groups is 1. The molecule has 8 heteroatoms. The number of benzene rings is 2. The number of hydrogen-bond donors (Lipinski definition) is 1. The molecule has 1 N–H and O–H groups in total. The van der Waals surface area contributed by atoms with Crippen LogP contribution in [-0.2, 0) is 10.0 Å². The molecule has 1 fully saturated rings. The molecule has 1 aliphatic heterocycles. The zero-order valence-electron chi connectivity index (χ0n) is 16.9. The summed E-state index contributed by atoms with van der Waals surface area (Å²) in [4.78, 5) is 16.8.